The molecule has 3 aromatic rings. The van der Waals surface area contributed by atoms with E-state index in [4.69, 9.17) is 5.73 Å². The average molecular weight is 446 g/mol. The quantitative estimate of drug-likeness (QED) is 0.531. The van der Waals surface area contributed by atoms with Crippen LogP contribution < -0.4 is 11.1 Å². The number of anilines is 2. The average Bonchev–Trinajstić information content (AvgIpc) is 3.44. The van der Waals surface area contributed by atoms with Gasteiger partial charge in [-0.15, -0.1) is 0 Å². The highest BCUT2D eigenvalue weighted by molar-refractivity contribution is 5.72. The van der Waals surface area contributed by atoms with Crippen molar-refractivity contribution >= 4 is 17.7 Å². The fourth-order valence-electron chi connectivity index (χ4n) is 5.44. The van der Waals surface area contributed by atoms with Gasteiger partial charge in [0.1, 0.15) is 0 Å². The number of nitrogens with two attached hydrogens (primary N) is 1. The molecule has 1 aliphatic heterocycles. The summed E-state index contributed by atoms with van der Waals surface area (Å²) >= 11 is 0. The Labute approximate surface area is 194 Å². The molecule has 0 radical (unpaired) electrons. The molecule has 4 N–H and O–H groups in total. The first-order valence-electron chi connectivity index (χ1n) is 11.7. The topological polar surface area (TPSA) is 113 Å². The summed E-state index contributed by atoms with van der Waals surface area (Å²) < 4.78 is 0. The molecule has 2 aromatic heterocycles. The first-order valence-corrected chi connectivity index (χ1v) is 11.7. The second-order valence-corrected chi connectivity index (χ2v) is 9.54. The van der Waals surface area contributed by atoms with Crippen molar-refractivity contribution in [2.75, 3.05) is 18.4 Å². The molecule has 1 aliphatic carbocycles. The van der Waals surface area contributed by atoms with Crippen LogP contribution in [0.4, 0.5) is 16.4 Å². The Balaban J connectivity index is 1.25. The molecular formula is C25H31N7O. The molecule has 8 heteroatoms. The smallest absolute Gasteiger partial charge is 0.314 e. The van der Waals surface area contributed by atoms with Gasteiger partial charge in [-0.1, -0.05) is 18.2 Å². The summed E-state index contributed by atoms with van der Waals surface area (Å²) in [7, 11) is 0. The Hall–Kier alpha value is -3.42. The second-order valence-electron chi connectivity index (χ2n) is 9.54. The number of aromatic amines is 1. The van der Waals surface area contributed by atoms with Gasteiger partial charge in [-0.25, -0.2) is 9.78 Å². The van der Waals surface area contributed by atoms with Crippen molar-refractivity contribution in [3.05, 3.63) is 64.7 Å². The molecular weight excluding hydrogens is 414 g/mol. The summed E-state index contributed by atoms with van der Waals surface area (Å²) in [5.74, 6) is 1.98. The van der Waals surface area contributed by atoms with E-state index in [-0.39, 0.29) is 11.4 Å². The fraction of sp³-hybridized carbons (Fsp3) is 0.440. The van der Waals surface area contributed by atoms with Crippen molar-refractivity contribution < 1.29 is 4.79 Å². The zero-order chi connectivity index (χ0) is 23.0. The first-order chi connectivity index (χ1) is 15.9. The minimum absolute atomic E-state index is 0.212. The molecule has 33 heavy (non-hydrogen) atoms. The standard InChI is InChI=1S/C25H31N7O/c1-16-3-4-19(21-7-8-25(21)9-12-32(15-25)24(26)33)13-18(16)5-6-20-14-22(31-30-20)29-23-17(2)27-10-11-28-23/h3-4,10-11,13-14,21H,5-9,12,15H2,1-2H3,(H2,26,33)(H2,28,29,30,31). The van der Waals surface area contributed by atoms with Gasteiger partial charge in [0, 0.05) is 37.2 Å². The fourth-order valence-corrected chi connectivity index (χ4v) is 5.44. The molecule has 2 unspecified atom stereocenters. The number of amides is 2. The number of hydrogen-bond donors (Lipinski definition) is 3. The molecule has 1 spiro atoms. The van der Waals surface area contributed by atoms with E-state index in [1.165, 1.54) is 29.5 Å². The third-order valence-electron chi connectivity index (χ3n) is 7.56. The van der Waals surface area contributed by atoms with Crippen LogP contribution >= 0.6 is 0 Å². The number of aromatic nitrogens is 4. The van der Waals surface area contributed by atoms with E-state index in [0.717, 1.165) is 55.4 Å². The number of primary amides is 1. The van der Waals surface area contributed by atoms with Crippen LogP contribution in [0.1, 0.15) is 53.3 Å². The molecule has 2 aliphatic rings. The highest BCUT2D eigenvalue weighted by Gasteiger charge is 2.51. The summed E-state index contributed by atoms with van der Waals surface area (Å²) in [6.07, 6.45) is 8.59. The predicted octanol–water partition coefficient (Wildman–Crippen LogP) is 3.99. The monoisotopic (exact) mass is 445 g/mol. The Kier molecular flexibility index (Phi) is 5.52. The van der Waals surface area contributed by atoms with E-state index >= 15 is 0 Å². The van der Waals surface area contributed by atoms with E-state index in [2.05, 4.69) is 50.6 Å². The molecule has 8 nitrogen and oxygen atoms in total. The van der Waals surface area contributed by atoms with Gasteiger partial charge >= 0.3 is 6.03 Å². The minimum Gasteiger partial charge on any atom is -0.351 e. The van der Waals surface area contributed by atoms with Crippen molar-refractivity contribution in [1.82, 2.24) is 25.1 Å². The van der Waals surface area contributed by atoms with Crippen molar-refractivity contribution in [3.63, 3.8) is 0 Å². The summed E-state index contributed by atoms with van der Waals surface area (Å²) in [6.45, 7) is 5.68. The number of nitrogens with one attached hydrogen (secondary N) is 2. The van der Waals surface area contributed by atoms with E-state index in [0.29, 0.717) is 5.92 Å². The van der Waals surface area contributed by atoms with Crippen LogP contribution in [0.5, 0.6) is 0 Å². The number of aryl methyl sites for hydroxylation is 4. The van der Waals surface area contributed by atoms with Crippen molar-refractivity contribution in [2.24, 2.45) is 11.1 Å². The van der Waals surface area contributed by atoms with Gasteiger partial charge in [0.15, 0.2) is 11.6 Å². The maximum absolute atomic E-state index is 11.6. The minimum atomic E-state index is -0.287. The maximum atomic E-state index is 11.6. The molecule has 2 fully saturated rings. The predicted molar refractivity (Wildman–Crippen MR) is 127 cm³/mol. The number of hydrogen-bond acceptors (Lipinski definition) is 5. The van der Waals surface area contributed by atoms with Crippen LogP contribution in [0.25, 0.3) is 0 Å². The van der Waals surface area contributed by atoms with Gasteiger partial charge in [0.2, 0.25) is 0 Å². The number of likely N-dealkylation sites (tertiary alicyclic amines) is 1. The molecule has 1 saturated carbocycles. The molecule has 0 bridgehead atoms. The molecule has 5 rings (SSSR count). The number of benzene rings is 1. The molecule has 2 amide bonds. The zero-order valence-electron chi connectivity index (χ0n) is 19.3. The molecule has 1 saturated heterocycles. The zero-order valence-corrected chi connectivity index (χ0v) is 19.3. The molecule has 3 heterocycles. The number of nitrogens with zero attached hydrogens (tertiary/aromatic N) is 4. The Morgan fingerprint density at radius 1 is 1.21 bits per heavy atom. The third kappa shape index (κ3) is 4.17. The van der Waals surface area contributed by atoms with Gasteiger partial charge in [-0.3, -0.25) is 10.1 Å². The normalized spacial score (nSPS) is 21.9. The molecule has 1 aromatic carbocycles. The number of carbonyl (C=O) groups excluding carboxylic acids is 1. The number of H-pyrrole nitrogens is 1. The summed E-state index contributed by atoms with van der Waals surface area (Å²) in [4.78, 5) is 22.0. The summed E-state index contributed by atoms with van der Waals surface area (Å²) in [5.41, 5.74) is 11.8. The number of urea groups is 1. The van der Waals surface area contributed by atoms with Gasteiger partial charge in [-0.2, -0.15) is 5.10 Å². The second kappa shape index (κ2) is 8.50. The van der Waals surface area contributed by atoms with Crippen LogP contribution in [0.3, 0.4) is 0 Å². The maximum Gasteiger partial charge on any atom is 0.314 e. The van der Waals surface area contributed by atoms with Crippen molar-refractivity contribution in [2.45, 2.75) is 51.9 Å². The van der Waals surface area contributed by atoms with Crippen LogP contribution in [0.2, 0.25) is 0 Å². The lowest BCUT2D eigenvalue weighted by molar-refractivity contribution is 0.102. The number of carbonyl (C=O) groups is 1. The van der Waals surface area contributed by atoms with Gasteiger partial charge in [0.05, 0.1) is 5.69 Å². The van der Waals surface area contributed by atoms with Crippen LogP contribution in [0, 0.1) is 19.3 Å². The SMILES string of the molecule is Cc1ccc(C2CCC23CCN(C(N)=O)C3)cc1CCc1cc(Nc2nccnc2C)n[nH]1. The Bertz CT molecular complexity index is 1170. The molecule has 172 valence electrons. The first kappa shape index (κ1) is 21.4. The van der Waals surface area contributed by atoms with Crippen LogP contribution in [-0.2, 0) is 12.8 Å². The lowest BCUT2D eigenvalue weighted by atomic mass is 9.57. The Morgan fingerprint density at radius 3 is 2.79 bits per heavy atom. The summed E-state index contributed by atoms with van der Waals surface area (Å²) in [6, 6.07) is 8.65. The third-order valence-corrected chi connectivity index (χ3v) is 7.56. The number of rotatable bonds is 6. The highest BCUT2D eigenvalue weighted by atomic mass is 16.2. The van der Waals surface area contributed by atoms with Gasteiger partial charge in [0.25, 0.3) is 0 Å². The van der Waals surface area contributed by atoms with E-state index < -0.39 is 0 Å². The van der Waals surface area contributed by atoms with E-state index in [9.17, 15) is 4.79 Å². The van der Waals surface area contributed by atoms with E-state index in [1.807, 2.05) is 17.9 Å². The highest BCUT2D eigenvalue weighted by Crippen LogP contribution is 2.58. The Morgan fingerprint density at radius 2 is 2.06 bits per heavy atom. The van der Waals surface area contributed by atoms with Gasteiger partial charge < -0.3 is 16.0 Å². The van der Waals surface area contributed by atoms with Crippen molar-refractivity contribution in [3.8, 4) is 0 Å². The lowest BCUT2D eigenvalue weighted by Crippen LogP contribution is -2.43. The molecule has 2 atom stereocenters. The van der Waals surface area contributed by atoms with Crippen LogP contribution in [-0.4, -0.2) is 44.2 Å². The van der Waals surface area contributed by atoms with Crippen LogP contribution in [0.15, 0.2) is 36.7 Å². The van der Waals surface area contributed by atoms with Gasteiger partial charge in [-0.05, 0) is 74.0 Å². The lowest BCUT2D eigenvalue weighted by Gasteiger charge is -2.47. The largest absolute Gasteiger partial charge is 0.351 e. The summed E-state index contributed by atoms with van der Waals surface area (Å²) in [5, 5.41) is 10.7. The van der Waals surface area contributed by atoms with Crippen molar-refractivity contribution in [1.29, 1.82) is 0 Å². The van der Waals surface area contributed by atoms with E-state index in [1.54, 1.807) is 12.4 Å².